The largest absolute Gasteiger partial charge is 0.310 e. The van der Waals surface area contributed by atoms with Gasteiger partial charge in [-0.1, -0.05) is 18.9 Å². The van der Waals surface area contributed by atoms with Crippen molar-refractivity contribution in [3.05, 3.63) is 30.1 Å². The van der Waals surface area contributed by atoms with E-state index in [-0.39, 0.29) is 0 Å². The number of nitrogens with one attached hydrogen (secondary N) is 1. The highest BCUT2D eigenvalue weighted by atomic mass is 14.9. The average Bonchev–Trinajstić information content (AvgIpc) is 3.03. The van der Waals surface area contributed by atoms with Gasteiger partial charge in [0.1, 0.15) is 0 Å². The minimum absolute atomic E-state index is 0.433. The van der Waals surface area contributed by atoms with Crippen LogP contribution in [0.25, 0.3) is 0 Å². The van der Waals surface area contributed by atoms with Gasteiger partial charge in [0.25, 0.3) is 0 Å². The van der Waals surface area contributed by atoms with Gasteiger partial charge < -0.3 is 5.32 Å². The maximum Gasteiger partial charge on any atom is 0.0315 e. The number of aromatic nitrogens is 1. The fraction of sp³-hybridized carbons (Fsp3) is 0.583. The van der Waals surface area contributed by atoms with E-state index >= 15 is 0 Å². The summed E-state index contributed by atoms with van der Waals surface area (Å²) in [4.78, 5) is 4.12. The van der Waals surface area contributed by atoms with Crippen LogP contribution in [0.4, 0.5) is 0 Å². The molecule has 1 saturated carbocycles. The summed E-state index contributed by atoms with van der Waals surface area (Å²) in [5, 5.41) is 3.53. The first-order valence-electron chi connectivity index (χ1n) is 5.49. The van der Waals surface area contributed by atoms with Crippen LogP contribution in [0.15, 0.2) is 24.5 Å². The molecule has 0 saturated heterocycles. The zero-order chi connectivity index (χ0) is 9.80. The van der Waals surface area contributed by atoms with E-state index < -0.39 is 0 Å². The molecule has 0 amide bonds. The third-order valence-corrected chi connectivity index (χ3v) is 2.88. The predicted octanol–water partition coefficient (Wildman–Crippen LogP) is 2.53. The van der Waals surface area contributed by atoms with Crippen LogP contribution in [-0.2, 0) is 0 Å². The van der Waals surface area contributed by atoms with Gasteiger partial charge in [-0.25, -0.2) is 0 Å². The lowest BCUT2D eigenvalue weighted by Gasteiger charge is -2.13. The van der Waals surface area contributed by atoms with Gasteiger partial charge in [0.2, 0.25) is 0 Å². The Morgan fingerprint density at radius 2 is 2.43 bits per heavy atom. The highest BCUT2D eigenvalue weighted by molar-refractivity contribution is 5.12. The molecule has 2 heteroatoms. The van der Waals surface area contributed by atoms with Crippen molar-refractivity contribution in [2.45, 2.75) is 32.2 Å². The molecule has 1 fully saturated rings. The van der Waals surface area contributed by atoms with Crippen LogP contribution in [0, 0.1) is 5.92 Å². The summed E-state index contributed by atoms with van der Waals surface area (Å²) in [6.07, 6.45) is 7.99. The standard InChI is InChI=1S/C12H18N2/c1-10(12-3-2-7-13-9-12)14-8-6-11-4-5-11/h2-3,7,9-11,14H,4-6,8H2,1H3. The average molecular weight is 190 g/mol. The summed E-state index contributed by atoms with van der Waals surface area (Å²) in [6.45, 7) is 3.34. The Bertz CT molecular complexity index is 267. The van der Waals surface area contributed by atoms with Crippen molar-refractivity contribution < 1.29 is 0 Å². The van der Waals surface area contributed by atoms with Gasteiger partial charge in [-0.3, -0.25) is 4.98 Å². The third kappa shape index (κ3) is 2.81. The van der Waals surface area contributed by atoms with Gasteiger partial charge in [-0.2, -0.15) is 0 Å². The van der Waals surface area contributed by atoms with Crippen molar-refractivity contribution in [3.63, 3.8) is 0 Å². The Morgan fingerprint density at radius 1 is 1.57 bits per heavy atom. The molecule has 0 aromatic carbocycles. The van der Waals surface area contributed by atoms with Crippen molar-refractivity contribution in [2.24, 2.45) is 5.92 Å². The number of hydrogen-bond acceptors (Lipinski definition) is 2. The van der Waals surface area contributed by atoms with Gasteiger partial charge >= 0.3 is 0 Å². The maximum atomic E-state index is 4.12. The van der Waals surface area contributed by atoms with Crippen molar-refractivity contribution in [1.29, 1.82) is 0 Å². The second-order valence-corrected chi connectivity index (χ2v) is 4.19. The third-order valence-electron chi connectivity index (χ3n) is 2.88. The fourth-order valence-electron chi connectivity index (χ4n) is 1.66. The summed E-state index contributed by atoms with van der Waals surface area (Å²) < 4.78 is 0. The van der Waals surface area contributed by atoms with E-state index in [9.17, 15) is 0 Å². The fourth-order valence-corrected chi connectivity index (χ4v) is 1.66. The second kappa shape index (κ2) is 4.56. The van der Waals surface area contributed by atoms with Gasteiger partial charge in [0.05, 0.1) is 0 Å². The molecule has 1 atom stereocenters. The molecule has 0 aliphatic heterocycles. The number of nitrogens with zero attached hydrogens (tertiary/aromatic N) is 1. The molecule has 0 radical (unpaired) electrons. The van der Waals surface area contributed by atoms with Gasteiger partial charge in [0, 0.05) is 18.4 Å². The summed E-state index contributed by atoms with van der Waals surface area (Å²) in [6, 6.07) is 4.55. The molecule has 2 rings (SSSR count). The molecule has 0 spiro atoms. The van der Waals surface area contributed by atoms with Gasteiger partial charge in [-0.15, -0.1) is 0 Å². The van der Waals surface area contributed by atoms with Crippen molar-refractivity contribution >= 4 is 0 Å². The number of rotatable bonds is 5. The summed E-state index contributed by atoms with van der Waals surface area (Å²) >= 11 is 0. The molecule has 1 unspecified atom stereocenters. The summed E-state index contributed by atoms with van der Waals surface area (Å²) in [7, 11) is 0. The number of hydrogen-bond donors (Lipinski definition) is 1. The first-order chi connectivity index (χ1) is 6.86. The first kappa shape index (κ1) is 9.66. The lowest BCUT2D eigenvalue weighted by atomic mass is 10.1. The summed E-state index contributed by atoms with van der Waals surface area (Å²) in [5.41, 5.74) is 1.28. The molecule has 1 aromatic heterocycles. The minimum atomic E-state index is 0.433. The Labute approximate surface area is 85.7 Å². The lowest BCUT2D eigenvalue weighted by molar-refractivity contribution is 0.538. The second-order valence-electron chi connectivity index (χ2n) is 4.19. The van der Waals surface area contributed by atoms with E-state index in [0.29, 0.717) is 6.04 Å². The van der Waals surface area contributed by atoms with Crippen molar-refractivity contribution in [2.75, 3.05) is 6.54 Å². The highest BCUT2D eigenvalue weighted by Gasteiger charge is 2.20. The molecule has 1 N–H and O–H groups in total. The van der Waals surface area contributed by atoms with E-state index in [2.05, 4.69) is 23.3 Å². The van der Waals surface area contributed by atoms with Crippen LogP contribution in [-0.4, -0.2) is 11.5 Å². The highest BCUT2D eigenvalue weighted by Crippen LogP contribution is 2.31. The smallest absolute Gasteiger partial charge is 0.0315 e. The molecule has 14 heavy (non-hydrogen) atoms. The van der Waals surface area contributed by atoms with E-state index in [1.165, 1.54) is 24.8 Å². The zero-order valence-corrected chi connectivity index (χ0v) is 8.74. The minimum Gasteiger partial charge on any atom is -0.310 e. The molecule has 0 bridgehead atoms. The van der Waals surface area contributed by atoms with Crippen LogP contribution in [0.5, 0.6) is 0 Å². The SMILES string of the molecule is CC(NCCC1CC1)c1cccnc1. The maximum absolute atomic E-state index is 4.12. The lowest BCUT2D eigenvalue weighted by Crippen LogP contribution is -2.20. The monoisotopic (exact) mass is 190 g/mol. The molecule has 1 aliphatic rings. The van der Waals surface area contributed by atoms with Gasteiger partial charge in [0.15, 0.2) is 0 Å². The van der Waals surface area contributed by atoms with E-state index in [0.717, 1.165) is 12.5 Å². The predicted molar refractivity (Wildman–Crippen MR) is 58.0 cm³/mol. The normalized spacial score (nSPS) is 18.1. The van der Waals surface area contributed by atoms with E-state index in [1.807, 2.05) is 18.5 Å². The molecule has 1 aromatic rings. The van der Waals surface area contributed by atoms with Crippen LogP contribution in [0.2, 0.25) is 0 Å². The Morgan fingerprint density at radius 3 is 3.07 bits per heavy atom. The van der Waals surface area contributed by atoms with Crippen LogP contribution >= 0.6 is 0 Å². The first-order valence-corrected chi connectivity index (χ1v) is 5.49. The molecule has 2 nitrogen and oxygen atoms in total. The van der Waals surface area contributed by atoms with Crippen molar-refractivity contribution in [1.82, 2.24) is 10.3 Å². The Balaban J connectivity index is 1.74. The molecule has 1 aliphatic carbocycles. The van der Waals surface area contributed by atoms with Crippen LogP contribution < -0.4 is 5.32 Å². The molecular weight excluding hydrogens is 172 g/mol. The van der Waals surface area contributed by atoms with Gasteiger partial charge in [-0.05, 0) is 37.4 Å². The zero-order valence-electron chi connectivity index (χ0n) is 8.74. The topological polar surface area (TPSA) is 24.9 Å². The Kier molecular flexibility index (Phi) is 3.14. The summed E-state index contributed by atoms with van der Waals surface area (Å²) in [5.74, 6) is 1.02. The molecule has 1 heterocycles. The quantitative estimate of drug-likeness (QED) is 0.771. The van der Waals surface area contributed by atoms with Crippen LogP contribution in [0.1, 0.15) is 37.8 Å². The molecule has 76 valence electrons. The molecular formula is C12H18N2. The Hall–Kier alpha value is -0.890. The van der Waals surface area contributed by atoms with Crippen LogP contribution in [0.3, 0.4) is 0 Å². The number of pyridine rings is 1. The van der Waals surface area contributed by atoms with Crippen molar-refractivity contribution in [3.8, 4) is 0 Å². The van der Waals surface area contributed by atoms with E-state index in [4.69, 9.17) is 0 Å². The van der Waals surface area contributed by atoms with E-state index in [1.54, 1.807) is 0 Å².